The van der Waals surface area contributed by atoms with Crippen LogP contribution in [0.2, 0.25) is 0 Å². The van der Waals surface area contributed by atoms with Crippen molar-refractivity contribution in [3.05, 3.63) is 66.7 Å². The number of carbonyl (C=O) groups excluding carboxylic acids is 1. The molecule has 2 N–H and O–H groups in total. The third kappa shape index (κ3) is 4.54. The van der Waals surface area contributed by atoms with Crippen LogP contribution in [0.1, 0.15) is 6.42 Å². The number of aliphatic carboxylic acids is 1. The summed E-state index contributed by atoms with van der Waals surface area (Å²) in [6, 6.07) is 17.6. The summed E-state index contributed by atoms with van der Waals surface area (Å²) in [5, 5.41) is 10.7. The molecule has 0 aromatic heterocycles. The maximum atomic E-state index is 12.7. The molecule has 8 heteroatoms. The Morgan fingerprint density at radius 3 is 2.43 bits per heavy atom. The van der Waals surface area contributed by atoms with Crippen molar-refractivity contribution in [1.82, 2.24) is 4.72 Å². The van der Waals surface area contributed by atoms with Crippen molar-refractivity contribution in [3.63, 3.8) is 0 Å². The van der Waals surface area contributed by atoms with Crippen molar-refractivity contribution < 1.29 is 27.9 Å². The number of para-hydroxylation sites is 1. The van der Waals surface area contributed by atoms with Crippen LogP contribution >= 0.6 is 0 Å². The lowest BCUT2D eigenvalue weighted by atomic mass is 10.1. The topological polar surface area (TPSA) is 110 Å². The van der Waals surface area contributed by atoms with Crippen LogP contribution in [0.4, 0.5) is 0 Å². The van der Waals surface area contributed by atoms with Gasteiger partial charge in [-0.3, -0.25) is 4.79 Å². The minimum atomic E-state index is -4.18. The normalized spacial score (nSPS) is 12.4. The number of carbonyl (C=O) groups is 2. The predicted molar refractivity (Wildman–Crippen MR) is 103 cm³/mol. The van der Waals surface area contributed by atoms with Gasteiger partial charge in [-0.2, -0.15) is 0 Å². The quantitative estimate of drug-likeness (QED) is 0.564. The van der Waals surface area contributed by atoms with E-state index in [-0.39, 0.29) is 16.9 Å². The molecule has 0 saturated carbocycles. The summed E-state index contributed by atoms with van der Waals surface area (Å²) in [5.41, 5.74) is 0. The van der Waals surface area contributed by atoms with Crippen LogP contribution in [0.15, 0.2) is 71.6 Å². The van der Waals surface area contributed by atoms with Crippen molar-refractivity contribution in [2.45, 2.75) is 17.4 Å². The van der Waals surface area contributed by atoms with Crippen LogP contribution in [0, 0.1) is 0 Å². The lowest BCUT2D eigenvalue weighted by Gasteiger charge is -2.15. The van der Waals surface area contributed by atoms with Gasteiger partial charge in [0.25, 0.3) is 0 Å². The lowest BCUT2D eigenvalue weighted by molar-refractivity contribution is -0.138. The summed E-state index contributed by atoms with van der Waals surface area (Å²) >= 11 is 0. The van der Waals surface area contributed by atoms with Gasteiger partial charge in [-0.1, -0.05) is 42.5 Å². The van der Waals surface area contributed by atoms with Gasteiger partial charge in [0.05, 0.1) is 12.5 Å². The second-order valence-electron chi connectivity index (χ2n) is 6.02. The molecule has 144 valence electrons. The fourth-order valence-corrected chi connectivity index (χ4v) is 3.98. The number of sulfonamides is 1. The van der Waals surface area contributed by atoms with Crippen molar-refractivity contribution in [2.24, 2.45) is 0 Å². The maximum absolute atomic E-state index is 12.7. The van der Waals surface area contributed by atoms with Crippen molar-refractivity contribution in [1.29, 1.82) is 0 Å². The summed E-state index contributed by atoms with van der Waals surface area (Å²) < 4.78 is 33.2. The Morgan fingerprint density at radius 1 is 1.04 bits per heavy atom. The maximum Gasteiger partial charge on any atom is 0.305 e. The molecule has 3 aromatic carbocycles. The Labute approximate surface area is 161 Å². The molecule has 3 aromatic rings. The molecule has 0 saturated heterocycles. The molecule has 7 nitrogen and oxygen atoms in total. The SMILES string of the molecule is O=CC(CC(=O)O)NS(=O)(=O)c1ccccc1Oc1ccc2ccccc2c1. The number of carboxylic acids is 1. The highest BCUT2D eigenvalue weighted by molar-refractivity contribution is 7.89. The molecule has 0 fully saturated rings. The van der Waals surface area contributed by atoms with Crippen LogP contribution in [-0.2, 0) is 19.6 Å². The fourth-order valence-electron chi connectivity index (χ4n) is 2.68. The van der Waals surface area contributed by atoms with Crippen LogP contribution in [-0.4, -0.2) is 31.8 Å². The number of hydrogen-bond acceptors (Lipinski definition) is 5. The summed E-state index contributed by atoms with van der Waals surface area (Å²) in [7, 11) is -4.18. The summed E-state index contributed by atoms with van der Waals surface area (Å²) in [6.45, 7) is 0. The summed E-state index contributed by atoms with van der Waals surface area (Å²) in [5.74, 6) is -0.787. The molecule has 0 bridgehead atoms. The van der Waals surface area contributed by atoms with Gasteiger partial charge in [-0.15, -0.1) is 0 Å². The molecule has 0 aliphatic rings. The first-order valence-electron chi connectivity index (χ1n) is 8.34. The number of carboxylic acid groups (broad SMARTS) is 1. The predicted octanol–water partition coefficient (Wildman–Crippen LogP) is 2.95. The van der Waals surface area contributed by atoms with E-state index in [4.69, 9.17) is 9.84 Å². The van der Waals surface area contributed by atoms with E-state index in [1.807, 2.05) is 30.3 Å². The van der Waals surface area contributed by atoms with Crippen LogP contribution in [0.25, 0.3) is 10.8 Å². The average molecular weight is 399 g/mol. The van der Waals surface area contributed by atoms with E-state index in [9.17, 15) is 18.0 Å². The van der Waals surface area contributed by atoms with Gasteiger partial charge in [-0.25, -0.2) is 13.1 Å². The van der Waals surface area contributed by atoms with E-state index in [1.54, 1.807) is 18.2 Å². The number of aldehydes is 1. The molecule has 1 unspecified atom stereocenters. The second-order valence-corrected chi connectivity index (χ2v) is 7.70. The number of hydrogen-bond donors (Lipinski definition) is 2. The van der Waals surface area contributed by atoms with Gasteiger partial charge in [0, 0.05) is 0 Å². The van der Waals surface area contributed by atoms with Gasteiger partial charge < -0.3 is 14.6 Å². The van der Waals surface area contributed by atoms with Crippen LogP contribution < -0.4 is 9.46 Å². The molecule has 0 amide bonds. The summed E-state index contributed by atoms with van der Waals surface area (Å²) in [4.78, 5) is 21.6. The third-order valence-corrected chi connectivity index (χ3v) is 5.48. The first kappa shape index (κ1) is 19.5. The molecule has 0 spiro atoms. The Bertz CT molecular complexity index is 1130. The molecule has 0 aliphatic heterocycles. The van der Waals surface area contributed by atoms with Crippen LogP contribution in [0.3, 0.4) is 0 Å². The van der Waals surface area contributed by atoms with E-state index >= 15 is 0 Å². The van der Waals surface area contributed by atoms with E-state index < -0.39 is 28.5 Å². The molecular weight excluding hydrogens is 382 g/mol. The van der Waals surface area contributed by atoms with E-state index in [0.717, 1.165) is 10.8 Å². The number of rotatable bonds is 8. The van der Waals surface area contributed by atoms with Gasteiger partial charge in [0.15, 0.2) is 0 Å². The zero-order valence-corrected chi connectivity index (χ0v) is 15.4. The minimum Gasteiger partial charge on any atom is -0.481 e. The number of benzene rings is 3. The lowest BCUT2D eigenvalue weighted by Crippen LogP contribution is -2.37. The average Bonchev–Trinajstić information content (AvgIpc) is 2.67. The van der Waals surface area contributed by atoms with Crippen molar-refractivity contribution in [2.75, 3.05) is 0 Å². The molecule has 28 heavy (non-hydrogen) atoms. The zero-order valence-electron chi connectivity index (χ0n) is 14.6. The van der Waals surface area contributed by atoms with E-state index in [2.05, 4.69) is 4.72 Å². The zero-order chi connectivity index (χ0) is 20.1. The van der Waals surface area contributed by atoms with Crippen LogP contribution in [0.5, 0.6) is 11.5 Å². The minimum absolute atomic E-state index is 0.0604. The molecule has 0 radical (unpaired) electrons. The smallest absolute Gasteiger partial charge is 0.305 e. The Hall–Kier alpha value is -3.23. The molecular formula is C20H17NO6S. The first-order chi connectivity index (χ1) is 13.4. The van der Waals surface area contributed by atoms with Crippen molar-refractivity contribution >= 4 is 33.1 Å². The molecule has 0 heterocycles. The monoisotopic (exact) mass is 399 g/mol. The van der Waals surface area contributed by atoms with Crippen molar-refractivity contribution in [3.8, 4) is 11.5 Å². The van der Waals surface area contributed by atoms with E-state index in [1.165, 1.54) is 18.2 Å². The Morgan fingerprint density at radius 2 is 1.71 bits per heavy atom. The second kappa shape index (κ2) is 8.20. The highest BCUT2D eigenvalue weighted by atomic mass is 32.2. The highest BCUT2D eigenvalue weighted by Crippen LogP contribution is 2.30. The number of nitrogens with one attached hydrogen (secondary N) is 1. The highest BCUT2D eigenvalue weighted by Gasteiger charge is 2.25. The molecule has 1 atom stereocenters. The molecule has 0 aliphatic carbocycles. The first-order valence-corrected chi connectivity index (χ1v) is 9.82. The summed E-state index contributed by atoms with van der Waals surface area (Å²) in [6.07, 6.45) is -0.408. The Balaban J connectivity index is 1.91. The van der Waals surface area contributed by atoms with E-state index in [0.29, 0.717) is 5.75 Å². The fraction of sp³-hybridized carbons (Fsp3) is 0.100. The largest absolute Gasteiger partial charge is 0.481 e. The van der Waals surface area contributed by atoms with Gasteiger partial charge in [-0.05, 0) is 35.0 Å². The standard InChI is InChI=1S/C20H17NO6S/c22-13-16(12-20(23)24)21-28(25,26)19-8-4-3-7-18(19)27-17-10-9-14-5-1-2-6-15(14)11-17/h1-11,13,16,21H,12H2,(H,23,24). The number of ether oxygens (including phenoxy) is 1. The number of fused-ring (bicyclic) bond motifs is 1. The molecule has 3 rings (SSSR count). The van der Waals surface area contributed by atoms with Gasteiger partial charge in [0.2, 0.25) is 10.0 Å². The van der Waals surface area contributed by atoms with Gasteiger partial charge in [0.1, 0.15) is 22.7 Å². The Kier molecular flexibility index (Phi) is 5.72. The van der Waals surface area contributed by atoms with Gasteiger partial charge >= 0.3 is 5.97 Å². The third-order valence-electron chi connectivity index (χ3n) is 3.95.